The summed E-state index contributed by atoms with van der Waals surface area (Å²) in [5, 5.41) is 145. The van der Waals surface area contributed by atoms with Crippen LogP contribution in [0.1, 0.15) is 12.5 Å². The zero-order chi connectivity index (χ0) is 47.9. The minimum Gasteiger partial charge on any atom is -0.507 e. The van der Waals surface area contributed by atoms with Gasteiger partial charge in [0.05, 0.1) is 12.7 Å². The van der Waals surface area contributed by atoms with Gasteiger partial charge in [-0.3, -0.25) is 4.79 Å². The van der Waals surface area contributed by atoms with Gasteiger partial charge in [-0.25, -0.2) is 4.79 Å². The molecule has 0 saturated carbocycles. The van der Waals surface area contributed by atoms with Crippen molar-refractivity contribution in [1.29, 1.82) is 0 Å². The van der Waals surface area contributed by atoms with E-state index < -0.39 is 162 Å². The molecule has 3 aromatic carbocycles. The normalized spacial score (nSPS) is 32.6. The summed E-state index contributed by atoms with van der Waals surface area (Å²) in [5.74, 6) is -5.49. The molecule has 4 heterocycles. The van der Waals surface area contributed by atoms with Crippen LogP contribution in [0.5, 0.6) is 40.2 Å². The van der Waals surface area contributed by atoms with Crippen LogP contribution in [-0.2, 0) is 28.5 Å². The molecule has 0 bridgehead atoms. The van der Waals surface area contributed by atoms with Crippen LogP contribution in [0.3, 0.4) is 0 Å². The van der Waals surface area contributed by atoms with E-state index in [4.69, 9.17) is 37.6 Å². The molecule has 7 rings (SSSR count). The van der Waals surface area contributed by atoms with Gasteiger partial charge in [-0.05, 0) is 48.9 Å². The Bertz CT molecular complexity index is 2470. The number of rotatable bonds is 12. The monoisotopic (exact) mass is 934 g/mol. The number of carbonyl (C=O) groups is 1. The SMILES string of the molecule is CC1OC(Oc2cc(O)c3c(=O)c(OC4OC(CO)C(O)C(O)C4O)c(-c4ccc(O)c(O)c4)oc3c2)C(O)C(OC2OC(COC(=O)C=Cc3ccc(O)c(O)c3)C(O)C(O)C2O)C1O. The lowest BCUT2D eigenvalue weighted by Crippen LogP contribution is -2.64. The van der Waals surface area contributed by atoms with Crippen molar-refractivity contribution in [2.45, 2.75) is 99.0 Å². The average Bonchev–Trinajstić information content (AvgIpc) is 3.28. The summed E-state index contributed by atoms with van der Waals surface area (Å²) in [6, 6.07) is 8.88. The first-order chi connectivity index (χ1) is 31.3. The van der Waals surface area contributed by atoms with E-state index in [2.05, 4.69) is 0 Å². The van der Waals surface area contributed by atoms with Gasteiger partial charge in [0.1, 0.15) is 96.2 Å². The highest BCUT2D eigenvalue weighted by Crippen LogP contribution is 2.41. The Morgan fingerprint density at radius 2 is 1.27 bits per heavy atom. The lowest BCUT2D eigenvalue weighted by atomic mass is 9.97. The van der Waals surface area contributed by atoms with Crippen molar-refractivity contribution in [3.8, 4) is 51.6 Å². The van der Waals surface area contributed by atoms with Gasteiger partial charge in [0.15, 0.2) is 35.0 Å². The quantitative estimate of drug-likeness (QED) is 0.0395. The van der Waals surface area contributed by atoms with E-state index in [-0.39, 0.29) is 17.1 Å². The molecule has 66 heavy (non-hydrogen) atoms. The number of phenolic OH excluding ortho intramolecular Hbond substituents is 5. The molecular formula is C42H46O24. The molecular weight excluding hydrogens is 888 g/mol. The highest BCUT2D eigenvalue weighted by Gasteiger charge is 2.51. The molecule has 15 atom stereocenters. The zero-order valence-corrected chi connectivity index (χ0v) is 34.2. The number of hydrogen-bond donors (Lipinski definition) is 14. The van der Waals surface area contributed by atoms with Crippen molar-refractivity contribution in [3.05, 3.63) is 70.4 Å². The smallest absolute Gasteiger partial charge is 0.330 e. The fourth-order valence-electron chi connectivity index (χ4n) is 7.30. The minimum atomic E-state index is -2.00. The lowest BCUT2D eigenvalue weighted by Gasteiger charge is -2.45. The molecule has 0 spiro atoms. The molecule has 0 amide bonds. The number of benzene rings is 3. The lowest BCUT2D eigenvalue weighted by molar-refractivity contribution is -0.350. The highest BCUT2D eigenvalue weighted by atomic mass is 16.7. The topological polar surface area (TPSA) is 395 Å². The third-order valence-electron chi connectivity index (χ3n) is 11.0. The Balaban J connectivity index is 1.11. The Kier molecular flexibility index (Phi) is 14.3. The van der Waals surface area contributed by atoms with E-state index in [1.807, 2.05) is 0 Å². The van der Waals surface area contributed by atoms with Crippen LogP contribution in [0.25, 0.3) is 28.4 Å². The molecule has 0 radical (unpaired) electrons. The molecule has 3 fully saturated rings. The van der Waals surface area contributed by atoms with Crippen molar-refractivity contribution in [2.75, 3.05) is 13.2 Å². The number of ether oxygens (including phenoxy) is 7. The molecule has 14 N–H and O–H groups in total. The summed E-state index contributed by atoms with van der Waals surface area (Å²) in [7, 11) is 0. The highest BCUT2D eigenvalue weighted by molar-refractivity contribution is 5.89. The second-order valence-corrected chi connectivity index (χ2v) is 15.6. The predicted octanol–water partition coefficient (Wildman–Crippen LogP) is -2.54. The fourth-order valence-corrected chi connectivity index (χ4v) is 7.30. The Morgan fingerprint density at radius 1 is 0.652 bits per heavy atom. The zero-order valence-electron chi connectivity index (χ0n) is 34.2. The van der Waals surface area contributed by atoms with E-state index in [0.717, 1.165) is 30.3 Å². The molecule has 24 nitrogen and oxygen atoms in total. The number of hydrogen-bond acceptors (Lipinski definition) is 24. The Hall–Kier alpha value is -5.84. The fraction of sp³-hybridized carbons (Fsp3) is 0.429. The molecule has 3 saturated heterocycles. The molecule has 24 heteroatoms. The number of esters is 1. The standard InChI is InChI=1S/C42H46O24/c1-14-28(50)38(65-41-35(57)33(55)30(52)25(64-41)13-59-26(49)7-3-15-2-5-18(44)20(46)8-15)36(58)42(60-14)61-17-10-22(48)27-23(11-17)62-37(16-4-6-19(45)21(47)9-16)39(31(27)53)66-40-34(56)32(54)29(51)24(12-43)63-40/h2-11,14,24-25,28-30,32-36,38,40-48,50-52,54-58H,12-13H2,1H3. The molecule has 358 valence electrons. The van der Waals surface area contributed by atoms with Crippen molar-refractivity contribution in [2.24, 2.45) is 0 Å². The summed E-state index contributed by atoms with van der Waals surface area (Å²) in [5.41, 5.74) is -1.37. The van der Waals surface area contributed by atoms with Crippen LogP contribution in [0, 0.1) is 0 Å². The van der Waals surface area contributed by atoms with Crippen LogP contribution in [0.15, 0.2) is 63.8 Å². The Morgan fingerprint density at radius 3 is 1.94 bits per heavy atom. The van der Waals surface area contributed by atoms with Crippen LogP contribution >= 0.6 is 0 Å². The Labute approximate surface area is 370 Å². The summed E-state index contributed by atoms with van der Waals surface area (Å²) >= 11 is 0. The summed E-state index contributed by atoms with van der Waals surface area (Å²) in [4.78, 5) is 26.5. The van der Waals surface area contributed by atoms with E-state index in [1.54, 1.807) is 0 Å². The largest absolute Gasteiger partial charge is 0.507 e. The second kappa shape index (κ2) is 19.6. The maximum Gasteiger partial charge on any atom is 0.330 e. The van der Waals surface area contributed by atoms with Gasteiger partial charge in [-0.15, -0.1) is 0 Å². The van der Waals surface area contributed by atoms with E-state index in [1.165, 1.54) is 37.3 Å². The molecule has 3 aliphatic heterocycles. The van der Waals surface area contributed by atoms with Gasteiger partial charge in [-0.1, -0.05) is 6.07 Å². The van der Waals surface area contributed by atoms with Gasteiger partial charge >= 0.3 is 5.97 Å². The van der Waals surface area contributed by atoms with Crippen molar-refractivity contribution >= 4 is 23.0 Å². The number of aliphatic hydroxyl groups is 9. The summed E-state index contributed by atoms with van der Waals surface area (Å²) in [6.45, 7) is -0.193. The van der Waals surface area contributed by atoms with Crippen LogP contribution in [0.4, 0.5) is 0 Å². The van der Waals surface area contributed by atoms with Crippen LogP contribution in [0.2, 0.25) is 0 Å². The van der Waals surface area contributed by atoms with Crippen LogP contribution < -0.4 is 14.9 Å². The van der Waals surface area contributed by atoms with E-state index in [9.17, 15) is 81.1 Å². The van der Waals surface area contributed by atoms with E-state index in [0.29, 0.717) is 5.56 Å². The maximum absolute atomic E-state index is 14.1. The number of fused-ring (bicyclic) bond motifs is 1. The third kappa shape index (κ3) is 9.67. The predicted molar refractivity (Wildman–Crippen MR) is 216 cm³/mol. The number of aromatic hydroxyl groups is 5. The van der Waals surface area contributed by atoms with Crippen molar-refractivity contribution < 1.29 is 114 Å². The second-order valence-electron chi connectivity index (χ2n) is 15.6. The van der Waals surface area contributed by atoms with Gasteiger partial charge in [0.25, 0.3) is 0 Å². The van der Waals surface area contributed by atoms with Crippen molar-refractivity contribution in [1.82, 2.24) is 0 Å². The van der Waals surface area contributed by atoms with Crippen molar-refractivity contribution in [3.63, 3.8) is 0 Å². The van der Waals surface area contributed by atoms with Gasteiger partial charge in [0, 0.05) is 23.8 Å². The summed E-state index contributed by atoms with van der Waals surface area (Å²) in [6.07, 6.45) is -24.5. The average molecular weight is 935 g/mol. The van der Waals surface area contributed by atoms with Gasteiger partial charge in [-0.2, -0.15) is 0 Å². The third-order valence-corrected chi connectivity index (χ3v) is 11.0. The number of phenols is 5. The first-order valence-electron chi connectivity index (χ1n) is 20.0. The number of carbonyl (C=O) groups excluding carboxylic acids is 1. The molecule has 15 unspecified atom stereocenters. The summed E-state index contributed by atoms with van der Waals surface area (Å²) < 4.78 is 45.1. The molecule has 3 aliphatic rings. The van der Waals surface area contributed by atoms with E-state index >= 15 is 0 Å². The molecule has 4 aromatic rings. The number of aliphatic hydroxyl groups excluding tert-OH is 9. The minimum absolute atomic E-state index is 0.127. The maximum atomic E-state index is 14.1. The van der Waals surface area contributed by atoms with Crippen LogP contribution in [-0.4, -0.2) is 183 Å². The van der Waals surface area contributed by atoms with Gasteiger partial charge in [0.2, 0.25) is 23.8 Å². The first-order valence-corrected chi connectivity index (χ1v) is 20.0. The molecule has 0 aliphatic carbocycles. The first kappa shape index (κ1) is 48.1. The molecule has 1 aromatic heterocycles. The van der Waals surface area contributed by atoms with Gasteiger partial charge < -0.3 is 109 Å².